The number of furan rings is 1. The van der Waals surface area contributed by atoms with Gasteiger partial charge in [0.2, 0.25) is 5.91 Å². The van der Waals surface area contributed by atoms with E-state index in [-0.39, 0.29) is 29.6 Å². The van der Waals surface area contributed by atoms with Crippen molar-refractivity contribution in [2.75, 3.05) is 0 Å². The highest BCUT2D eigenvalue weighted by Gasteiger charge is 2.50. The molecule has 0 saturated heterocycles. The first kappa shape index (κ1) is 15.4. The van der Waals surface area contributed by atoms with E-state index in [4.69, 9.17) is 4.42 Å². The molecular formula is C23H21NO2. The average Bonchev–Trinajstić information content (AvgIpc) is 3.20. The van der Waals surface area contributed by atoms with E-state index in [0.29, 0.717) is 6.54 Å². The molecule has 2 atom stereocenters. The van der Waals surface area contributed by atoms with E-state index in [2.05, 4.69) is 60.8 Å². The fraction of sp³-hybridized carbons (Fsp3) is 0.261. The fourth-order valence-electron chi connectivity index (χ4n) is 5.05. The van der Waals surface area contributed by atoms with Gasteiger partial charge in [-0.1, -0.05) is 55.5 Å². The maximum absolute atomic E-state index is 13.2. The third-order valence-corrected chi connectivity index (χ3v) is 6.10. The molecule has 6 rings (SSSR count). The van der Waals surface area contributed by atoms with Crippen molar-refractivity contribution in [1.29, 1.82) is 0 Å². The second kappa shape index (κ2) is 5.87. The molecule has 3 nitrogen and oxygen atoms in total. The molecule has 2 aromatic carbocycles. The van der Waals surface area contributed by atoms with Crippen molar-refractivity contribution >= 4 is 5.91 Å². The lowest BCUT2D eigenvalue weighted by molar-refractivity contribution is -0.128. The molecule has 2 unspecified atom stereocenters. The monoisotopic (exact) mass is 343 g/mol. The van der Waals surface area contributed by atoms with Crippen LogP contribution in [-0.4, -0.2) is 5.91 Å². The number of rotatable bonds is 3. The second-order valence-electron chi connectivity index (χ2n) is 7.40. The summed E-state index contributed by atoms with van der Waals surface area (Å²) in [5.41, 5.74) is 5.40. The van der Waals surface area contributed by atoms with Crippen LogP contribution in [0.15, 0.2) is 71.3 Å². The van der Waals surface area contributed by atoms with Crippen LogP contribution in [0.2, 0.25) is 0 Å². The molecule has 0 fully saturated rings. The highest BCUT2D eigenvalue weighted by atomic mass is 16.3. The van der Waals surface area contributed by atoms with Crippen molar-refractivity contribution in [2.24, 2.45) is 11.8 Å². The van der Waals surface area contributed by atoms with Crippen LogP contribution in [0.5, 0.6) is 0 Å². The van der Waals surface area contributed by atoms with Gasteiger partial charge in [0.05, 0.1) is 18.7 Å². The fourth-order valence-corrected chi connectivity index (χ4v) is 5.05. The predicted molar refractivity (Wildman–Crippen MR) is 99.8 cm³/mol. The van der Waals surface area contributed by atoms with Crippen LogP contribution < -0.4 is 5.32 Å². The Morgan fingerprint density at radius 3 is 2.00 bits per heavy atom. The molecule has 1 amide bonds. The van der Waals surface area contributed by atoms with Crippen molar-refractivity contribution in [3.63, 3.8) is 0 Å². The van der Waals surface area contributed by atoms with Gasteiger partial charge in [0, 0.05) is 11.8 Å². The molecule has 26 heavy (non-hydrogen) atoms. The number of hydrogen-bond acceptors (Lipinski definition) is 2. The molecule has 0 aliphatic heterocycles. The number of benzene rings is 2. The van der Waals surface area contributed by atoms with Crippen LogP contribution >= 0.6 is 0 Å². The van der Waals surface area contributed by atoms with Crippen LogP contribution in [0.1, 0.15) is 46.8 Å². The summed E-state index contributed by atoms with van der Waals surface area (Å²) in [6, 6.07) is 21.0. The van der Waals surface area contributed by atoms with Crippen LogP contribution in [0.4, 0.5) is 0 Å². The Hall–Kier alpha value is -2.81. The quantitative estimate of drug-likeness (QED) is 0.764. The zero-order valence-electron chi connectivity index (χ0n) is 14.7. The van der Waals surface area contributed by atoms with Crippen LogP contribution in [-0.2, 0) is 11.3 Å². The SMILES string of the molecule is CC1C2c3ccccc3C(c3ccccc32)C1C(=O)NCc1ccco1. The number of carbonyl (C=O) groups excluding carboxylic acids is 1. The number of carbonyl (C=O) groups is 1. The molecule has 2 bridgehead atoms. The largest absolute Gasteiger partial charge is 0.467 e. The minimum Gasteiger partial charge on any atom is -0.467 e. The van der Waals surface area contributed by atoms with Gasteiger partial charge in [0.15, 0.2) is 0 Å². The average molecular weight is 343 g/mol. The van der Waals surface area contributed by atoms with E-state index in [1.54, 1.807) is 6.26 Å². The van der Waals surface area contributed by atoms with Gasteiger partial charge in [-0.25, -0.2) is 0 Å². The third kappa shape index (κ3) is 2.16. The maximum atomic E-state index is 13.2. The van der Waals surface area contributed by atoms with Crippen LogP contribution in [0.25, 0.3) is 0 Å². The standard InChI is InChI=1S/C23H21NO2/c1-14-20-16-8-2-4-10-18(16)22(19-11-5-3-9-17(19)20)21(14)23(25)24-13-15-7-6-12-26-15/h2-12,14,20-22H,13H2,1H3,(H,24,25). The smallest absolute Gasteiger partial charge is 0.224 e. The first-order valence-electron chi connectivity index (χ1n) is 9.23. The Balaban J connectivity index is 1.55. The first-order chi connectivity index (χ1) is 12.8. The molecule has 0 saturated carbocycles. The minimum atomic E-state index is -0.0558. The summed E-state index contributed by atoms with van der Waals surface area (Å²) in [7, 11) is 0. The Bertz CT molecular complexity index is 912. The normalized spacial score (nSPS) is 25.4. The highest BCUT2D eigenvalue weighted by molar-refractivity contribution is 5.83. The molecule has 1 aromatic heterocycles. The Morgan fingerprint density at radius 2 is 1.46 bits per heavy atom. The molecule has 1 N–H and O–H groups in total. The summed E-state index contributed by atoms with van der Waals surface area (Å²) in [5, 5.41) is 3.10. The number of amides is 1. The van der Waals surface area contributed by atoms with Gasteiger partial charge in [0.1, 0.15) is 5.76 Å². The van der Waals surface area contributed by atoms with Crippen molar-refractivity contribution in [3.8, 4) is 0 Å². The van der Waals surface area contributed by atoms with Crippen molar-refractivity contribution in [1.82, 2.24) is 5.32 Å². The highest BCUT2D eigenvalue weighted by Crippen LogP contribution is 2.58. The zero-order chi connectivity index (χ0) is 17.7. The summed E-state index contributed by atoms with van der Waals surface area (Å²) < 4.78 is 5.36. The maximum Gasteiger partial charge on any atom is 0.224 e. The number of nitrogens with one attached hydrogen (secondary N) is 1. The Kier molecular flexibility index (Phi) is 3.49. The lowest BCUT2D eigenvalue weighted by Crippen LogP contribution is -2.46. The van der Waals surface area contributed by atoms with Gasteiger partial charge >= 0.3 is 0 Å². The van der Waals surface area contributed by atoms with Crippen molar-refractivity contribution < 1.29 is 9.21 Å². The zero-order valence-corrected chi connectivity index (χ0v) is 14.7. The summed E-state index contributed by atoms with van der Waals surface area (Å²) in [6.45, 7) is 2.66. The van der Waals surface area contributed by atoms with Gasteiger partial charge < -0.3 is 9.73 Å². The van der Waals surface area contributed by atoms with E-state index in [0.717, 1.165) is 5.76 Å². The van der Waals surface area contributed by atoms with E-state index in [1.165, 1.54) is 22.3 Å². The number of fused-ring (bicyclic) bond motifs is 1. The molecule has 1 heterocycles. The summed E-state index contributed by atoms with van der Waals surface area (Å²) in [5.74, 6) is 1.52. The van der Waals surface area contributed by atoms with Gasteiger partial charge in [-0.2, -0.15) is 0 Å². The van der Waals surface area contributed by atoms with E-state index in [9.17, 15) is 4.79 Å². The molecule has 3 aromatic rings. The molecular weight excluding hydrogens is 322 g/mol. The molecule has 0 spiro atoms. The van der Waals surface area contributed by atoms with E-state index in [1.807, 2.05) is 12.1 Å². The molecule has 3 heteroatoms. The Labute approximate surface area is 153 Å². The minimum absolute atomic E-state index is 0.0558. The lowest BCUT2D eigenvalue weighted by Gasteiger charge is -2.49. The summed E-state index contributed by atoms with van der Waals surface area (Å²) in [6.07, 6.45) is 1.64. The summed E-state index contributed by atoms with van der Waals surface area (Å²) >= 11 is 0. The topological polar surface area (TPSA) is 42.2 Å². The third-order valence-electron chi connectivity index (χ3n) is 6.10. The van der Waals surface area contributed by atoms with Gasteiger partial charge in [-0.15, -0.1) is 0 Å². The Morgan fingerprint density at radius 1 is 0.885 bits per heavy atom. The lowest BCUT2D eigenvalue weighted by atomic mass is 9.54. The van der Waals surface area contributed by atoms with Gasteiger partial charge in [-0.3, -0.25) is 4.79 Å². The first-order valence-corrected chi connectivity index (χ1v) is 9.23. The van der Waals surface area contributed by atoms with Crippen molar-refractivity contribution in [2.45, 2.75) is 25.3 Å². The van der Waals surface area contributed by atoms with E-state index >= 15 is 0 Å². The predicted octanol–water partition coefficient (Wildman–Crippen LogP) is 4.44. The summed E-state index contributed by atoms with van der Waals surface area (Å²) in [4.78, 5) is 13.2. The molecule has 3 aliphatic rings. The van der Waals surface area contributed by atoms with Crippen LogP contribution in [0.3, 0.4) is 0 Å². The van der Waals surface area contributed by atoms with Gasteiger partial charge in [0.25, 0.3) is 0 Å². The van der Waals surface area contributed by atoms with Crippen molar-refractivity contribution in [3.05, 3.63) is 94.9 Å². The molecule has 0 radical (unpaired) electrons. The molecule has 3 aliphatic carbocycles. The van der Waals surface area contributed by atoms with Crippen LogP contribution in [0, 0.1) is 11.8 Å². The second-order valence-corrected chi connectivity index (χ2v) is 7.40. The molecule has 130 valence electrons. The van der Waals surface area contributed by atoms with Gasteiger partial charge in [-0.05, 0) is 40.3 Å². The van der Waals surface area contributed by atoms with E-state index < -0.39 is 0 Å². The number of hydrogen-bond donors (Lipinski definition) is 1.